The molecule has 0 unspecified atom stereocenters. The van der Waals surface area contributed by atoms with Crippen molar-refractivity contribution in [1.82, 2.24) is 4.90 Å². The Balaban J connectivity index is 1.72. The number of fused-ring (bicyclic) bond motifs is 1. The Morgan fingerprint density at radius 3 is 2.71 bits per heavy atom. The molecule has 1 aromatic rings. The molecule has 2 heterocycles. The van der Waals surface area contributed by atoms with Crippen molar-refractivity contribution in [2.45, 2.75) is 19.8 Å². The van der Waals surface area contributed by atoms with E-state index in [2.05, 4.69) is 26.1 Å². The molecule has 0 aromatic heterocycles. The summed E-state index contributed by atoms with van der Waals surface area (Å²) in [4.78, 5) is 28.3. The topological polar surface area (TPSA) is 61.9 Å². The number of benzene rings is 1. The number of ether oxygens (including phenoxy) is 1. The Hall–Kier alpha value is -1.44. The number of amides is 2. The molecule has 0 radical (unpaired) electrons. The highest BCUT2D eigenvalue weighted by Gasteiger charge is 2.28. The van der Waals surface area contributed by atoms with Crippen LogP contribution in [0, 0.1) is 0 Å². The minimum Gasteiger partial charge on any atom is -0.379 e. The average Bonchev–Trinajstić information content (AvgIpc) is 2.97. The van der Waals surface area contributed by atoms with Crippen LogP contribution in [-0.2, 0) is 20.7 Å². The normalized spacial score (nSPS) is 17.7. The van der Waals surface area contributed by atoms with E-state index in [0.717, 1.165) is 55.0 Å². The van der Waals surface area contributed by atoms with Crippen LogP contribution in [-0.4, -0.2) is 56.1 Å². The minimum atomic E-state index is -0.136. The molecule has 2 amide bonds. The quantitative estimate of drug-likeness (QED) is 0.846. The molecule has 1 fully saturated rings. The Kier molecular flexibility index (Phi) is 5.53. The number of anilines is 2. The molecule has 24 heavy (non-hydrogen) atoms. The molecular formula is C17H22BrN3O3. The van der Waals surface area contributed by atoms with Crippen molar-refractivity contribution in [3.63, 3.8) is 0 Å². The number of halogens is 1. The third kappa shape index (κ3) is 3.96. The minimum absolute atomic E-state index is 0.106. The first-order chi connectivity index (χ1) is 11.5. The predicted molar refractivity (Wildman–Crippen MR) is 96.4 cm³/mol. The largest absolute Gasteiger partial charge is 0.379 e. The molecule has 0 aliphatic carbocycles. The Labute approximate surface area is 150 Å². The van der Waals surface area contributed by atoms with E-state index in [1.165, 1.54) is 6.92 Å². The zero-order valence-electron chi connectivity index (χ0n) is 13.8. The number of rotatable bonds is 4. The number of carbonyl (C=O) groups is 2. The lowest BCUT2D eigenvalue weighted by atomic mass is 10.1. The van der Waals surface area contributed by atoms with Crippen LogP contribution in [0.3, 0.4) is 0 Å². The summed E-state index contributed by atoms with van der Waals surface area (Å²) in [5, 5.41) is 2.85. The predicted octanol–water partition coefficient (Wildman–Crippen LogP) is 2.02. The van der Waals surface area contributed by atoms with Gasteiger partial charge in [-0.05, 0) is 24.1 Å². The molecule has 0 bridgehead atoms. The zero-order valence-corrected chi connectivity index (χ0v) is 15.4. The number of hydrogen-bond donors (Lipinski definition) is 1. The smallest absolute Gasteiger partial charge is 0.228 e. The van der Waals surface area contributed by atoms with E-state index in [0.29, 0.717) is 18.7 Å². The number of morpholine rings is 1. The van der Waals surface area contributed by atoms with Crippen molar-refractivity contribution >= 4 is 39.1 Å². The van der Waals surface area contributed by atoms with Crippen LogP contribution in [0.4, 0.5) is 11.4 Å². The van der Waals surface area contributed by atoms with E-state index in [9.17, 15) is 9.59 Å². The van der Waals surface area contributed by atoms with Gasteiger partial charge in [0.2, 0.25) is 11.8 Å². The second-order valence-corrected chi connectivity index (χ2v) is 7.06. The molecule has 2 aliphatic rings. The first-order valence-electron chi connectivity index (χ1n) is 8.25. The van der Waals surface area contributed by atoms with Crippen molar-refractivity contribution in [3.05, 3.63) is 22.2 Å². The molecule has 6 nitrogen and oxygen atoms in total. The van der Waals surface area contributed by atoms with Crippen LogP contribution in [0.2, 0.25) is 0 Å². The molecule has 7 heteroatoms. The molecule has 1 aromatic carbocycles. The summed E-state index contributed by atoms with van der Waals surface area (Å²) in [5.41, 5.74) is 2.64. The highest BCUT2D eigenvalue weighted by molar-refractivity contribution is 9.10. The molecule has 0 spiro atoms. The van der Waals surface area contributed by atoms with Crippen molar-refractivity contribution in [1.29, 1.82) is 0 Å². The Morgan fingerprint density at radius 1 is 1.25 bits per heavy atom. The number of hydrogen-bond acceptors (Lipinski definition) is 4. The van der Waals surface area contributed by atoms with Gasteiger partial charge in [-0.15, -0.1) is 0 Å². The maximum absolute atomic E-state index is 12.7. The molecule has 2 aliphatic heterocycles. The van der Waals surface area contributed by atoms with Crippen LogP contribution >= 0.6 is 15.9 Å². The fraction of sp³-hybridized carbons (Fsp3) is 0.529. The van der Waals surface area contributed by atoms with Crippen molar-refractivity contribution in [2.75, 3.05) is 49.6 Å². The van der Waals surface area contributed by atoms with Crippen molar-refractivity contribution in [3.8, 4) is 0 Å². The highest BCUT2D eigenvalue weighted by atomic mass is 79.9. The summed E-state index contributed by atoms with van der Waals surface area (Å²) in [6, 6.07) is 3.88. The van der Waals surface area contributed by atoms with Gasteiger partial charge in [-0.25, -0.2) is 0 Å². The Bertz CT molecular complexity index is 644. The summed E-state index contributed by atoms with van der Waals surface area (Å²) in [6.07, 6.45) is 1.29. The van der Waals surface area contributed by atoms with Crippen molar-refractivity contribution < 1.29 is 14.3 Å². The maximum atomic E-state index is 12.7. The fourth-order valence-corrected chi connectivity index (χ4v) is 3.76. The summed E-state index contributed by atoms with van der Waals surface area (Å²) < 4.78 is 6.24. The van der Waals surface area contributed by atoms with E-state index in [-0.39, 0.29) is 11.8 Å². The van der Waals surface area contributed by atoms with E-state index < -0.39 is 0 Å². The maximum Gasteiger partial charge on any atom is 0.228 e. The van der Waals surface area contributed by atoms with E-state index in [1.807, 2.05) is 17.0 Å². The number of nitrogens with one attached hydrogen (secondary N) is 1. The van der Waals surface area contributed by atoms with Gasteiger partial charge in [-0.3, -0.25) is 14.5 Å². The summed E-state index contributed by atoms with van der Waals surface area (Å²) >= 11 is 3.47. The third-order valence-corrected chi connectivity index (χ3v) is 4.84. The van der Waals surface area contributed by atoms with Crippen molar-refractivity contribution in [2.24, 2.45) is 0 Å². The SMILES string of the molecule is CC(=O)Nc1cc(Br)cc2c1N(C(=O)CCN1CCOCC1)CC2. The summed E-state index contributed by atoms with van der Waals surface area (Å²) in [5.74, 6) is -0.0305. The molecule has 3 rings (SSSR count). The summed E-state index contributed by atoms with van der Waals surface area (Å²) in [6.45, 7) is 6.14. The number of nitrogens with zero attached hydrogens (tertiary/aromatic N) is 2. The molecule has 1 saturated heterocycles. The first-order valence-corrected chi connectivity index (χ1v) is 9.04. The fourth-order valence-electron chi connectivity index (χ4n) is 3.26. The molecule has 130 valence electrons. The summed E-state index contributed by atoms with van der Waals surface area (Å²) in [7, 11) is 0. The molecule has 1 N–H and O–H groups in total. The second-order valence-electron chi connectivity index (χ2n) is 6.14. The standard InChI is InChI=1S/C17H22BrN3O3/c1-12(22)19-15-11-14(18)10-13-2-5-21(17(13)15)16(23)3-4-20-6-8-24-9-7-20/h10-11H,2-9H2,1H3,(H,19,22). The van der Waals surface area contributed by atoms with Gasteiger partial charge in [-0.2, -0.15) is 0 Å². The van der Waals surface area contributed by atoms with Crippen LogP contribution < -0.4 is 10.2 Å². The van der Waals surface area contributed by atoms with Crippen LogP contribution in [0.15, 0.2) is 16.6 Å². The molecule has 0 atom stereocenters. The van der Waals surface area contributed by atoms with Crippen LogP contribution in [0.25, 0.3) is 0 Å². The van der Waals surface area contributed by atoms with Gasteiger partial charge >= 0.3 is 0 Å². The van der Waals surface area contributed by atoms with E-state index in [1.54, 1.807) is 0 Å². The molecule has 0 saturated carbocycles. The Morgan fingerprint density at radius 2 is 2.00 bits per heavy atom. The van der Waals surface area contributed by atoms with Crippen LogP contribution in [0.1, 0.15) is 18.9 Å². The average molecular weight is 396 g/mol. The third-order valence-electron chi connectivity index (χ3n) is 4.39. The monoisotopic (exact) mass is 395 g/mol. The van der Waals surface area contributed by atoms with Gasteiger partial charge in [0.05, 0.1) is 24.6 Å². The van der Waals surface area contributed by atoms with Gasteiger partial charge in [-0.1, -0.05) is 15.9 Å². The lowest BCUT2D eigenvalue weighted by molar-refractivity contribution is -0.119. The van der Waals surface area contributed by atoms with Gasteiger partial charge in [0, 0.05) is 44.0 Å². The van der Waals surface area contributed by atoms with Crippen LogP contribution in [0.5, 0.6) is 0 Å². The van der Waals surface area contributed by atoms with Gasteiger partial charge in [0.1, 0.15) is 0 Å². The van der Waals surface area contributed by atoms with Gasteiger partial charge in [0.15, 0.2) is 0 Å². The number of carbonyl (C=O) groups excluding carboxylic acids is 2. The lowest BCUT2D eigenvalue weighted by Gasteiger charge is -2.27. The zero-order chi connectivity index (χ0) is 17.1. The van der Waals surface area contributed by atoms with Gasteiger partial charge < -0.3 is 15.0 Å². The first kappa shape index (κ1) is 17.4. The second kappa shape index (κ2) is 7.63. The van der Waals surface area contributed by atoms with Gasteiger partial charge in [0.25, 0.3) is 0 Å². The van der Waals surface area contributed by atoms with E-state index >= 15 is 0 Å². The molecular weight excluding hydrogens is 374 g/mol. The highest BCUT2D eigenvalue weighted by Crippen LogP contribution is 2.38. The van der Waals surface area contributed by atoms with E-state index in [4.69, 9.17) is 4.74 Å². The lowest BCUT2D eigenvalue weighted by Crippen LogP contribution is -2.39.